The zero-order valence-corrected chi connectivity index (χ0v) is 34.4. The Morgan fingerprint density at radius 3 is 1.95 bits per heavy atom. The molecule has 1 unspecified atom stereocenters. The number of nitriles is 1. The molecule has 0 aliphatic carbocycles. The van der Waals surface area contributed by atoms with E-state index in [2.05, 4.69) is 15.7 Å². The van der Waals surface area contributed by atoms with Crippen LogP contribution >= 0.6 is 8.53 Å². The molecule has 306 valence electrons. The van der Waals surface area contributed by atoms with Crippen LogP contribution in [-0.2, 0) is 33.6 Å². The standard InChI is InChI=1S/C42H53N4O10P/c1-29(2)46(30(3)4)57(54-25-11-23-43)56-38-36(55-40(39(38)52-27-26-49-5)45-24-22-37(47)44-41(45)48)28-53-42(31-12-9-8-10-13-31,32-14-18-34(50-6)19-15-32)33-16-20-35(51-7)21-17-33/h8-10,12-22,24,29-30,36,38-40H,11,25-28H2,1-7H3,(H,44,47,48)/t36-,38-,39-,40-,57?/m1/s1. The molecule has 15 heteroatoms. The van der Waals surface area contributed by atoms with Gasteiger partial charge in [0.2, 0.25) is 0 Å². The van der Waals surface area contributed by atoms with E-state index >= 15 is 0 Å². The fourth-order valence-electron chi connectivity index (χ4n) is 6.95. The van der Waals surface area contributed by atoms with E-state index in [0.29, 0.717) is 11.5 Å². The number of benzene rings is 3. The molecule has 0 spiro atoms. The van der Waals surface area contributed by atoms with Gasteiger partial charge in [0.15, 0.2) is 6.23 Å². The van der Waals surface area contributed by atoms with E-state index in [1.807, 2.05) is 107 Å². The SMILES string of the molecule is COCCO[C@@H]1[C@H](OP(OCCC#N)N(C(C)C)C(C)C)[C@@H](COC(c2ccccc2)(c2ccc(OC)cc2)c2ccc(OC)cc2)O[C@H]1n1ccc(=O)[nH]c1=O. The highest BCUT2D eigenvalue weighted by Crippen LogP contribution is 2.51. The average Bonchev–Trinajstić information content (AvgIpc) is 3.54. The zero-order chi connectivity index (χ0) is 41.0. The second-order valence-electron chi connectivity index (χ2n) is 13.8. The first-order valence-corrected chi connectivity index (χ1v) is 20.0. The van der Waals surface area contributed by atoms with Gasteiger partial charge in [-0.05, 0) is 68.7 Å². The molecule has 0 amide bonds. The maximum Gasteiger partial charge on any atom is 0.330 e. The topological polar surface area (TPSA) is 156 Å². The van der Waals surface area contributed by atoms with E-state index < -0.39 is 49.9 Å². The lowest BCUT2D eigenvalue weighted by atomic mass is 9.80. The molecule has 1 N–H and O–H groups in total. The largest absolute Gasteiger partial charge is 0.497 e. The summed E-state index contributed by atoms with van der Waals surface area (Å²) in [5, 5.41) is 9.40. The van der Waals surface area contributed by atoms with Crippen molar-refractivity contribution in [2.24, 2.45) is 0 Å². The van der Waals surface area contributed by atoms with Crippen LogP contribution in [0.25, 0.3) is 0 Å². The second-order valence-corrected chi connectivity index (χ2v) is 15.2. The third-order valence-corrected chi connectivity index (χ3v) is 11.6. The van der Waals surface area contributed by atoms with Gasteiger partial charge in [0.1, 0.15) is 35.4 Å². The van der Waals surface area contributed by atoms with E-state index in [1.165, 1.54) is 16.8 Å². The summed E-state index contributed by atoms with van der Waals surface area (Å²) in [7, 11) is 2.98. The van der Waals surface area contributed by atoms with E-state index in [-0.39, 0.29) is 44.9 Å². The van der Waals surface area contributed by atoms with Gasteiger partial charge >= 0.3 is 5.69 Å². The summed E-state index contributed by atoms with van der Waals surface area (Å²) in [6.07, 6.45) is -2.18. The molecule has 14 nitrogen and oxygen atoms in total. The van der Waals surface area contributed by atoms with Gasteiger partial charge in [-0.3, -0.25) is 14.3 Å². The Morgan fingerprint density at radius 2 is 1.42 bits per heavy atom. The second kappa shape index (κ2) is 20.8. The van der Waals surface area contributed by atoms with Crippen molar-refractivity contribution in [1.29, 1.82) is 5.26 Å². The van der Waals surface area contributed by atoms with Crippen molar-refractivity contribution >= 4 is 8.53 Å². The van der Waals surface area contributed by atoms with Crippen LogP contribution in [0.5, 0.6) is 11.5 Å². The zero-order valence-electron chi connectivity index (χ0n) is 33.5. The fraction of sp³-hybridized carbons (Fsp3) is 0.452. The molecule has 0 bridgehead atoms. The minimum atomic E-state index is -1.82. The fourth-order valence-corrected chi connectivity index (χ4v) is 8.71. The number of nitrogens with zero attached hydrogens (tertiary/aromatic N) is 3. The first-order chi connectivity index (χ1) is 27.6. The Bertz CT molecular complexity index is 1930. The van der Waals surface area contributed by atoms with Gasteiger partial charge in [0.05, 0.1) is 53.1 Å². The third-order valence-electron chi connectivity index (χ3n) is 9.52. The number of rotatable bonds is 21. The van der Waals surface area contributed by atoms with Gasteiger partial charge in [-0.1, -0.05) is 54.6 Å². The maximum atomic E-state index is 13.4. The van der Waals surface area contributed by atoms with E-state index in [4.69, 9.17) is 37.5 Å². The van der Waals surface area contributed by atoms with Crippen LogP contribution in [-0.4, -0.2) is 92.4 Å². The van der Waals surface area contributed by atoms with Crippen LogP contribution in [0.4, 0.5) is 0 Å². The van der Waals surface area contributed by atoms with Crippen molar-refractivity contribution in [3.63, 3.8) is 0 Å². The van der Waals surface area contributed by atoms with Gasteiger partial charge in [-0.25, -0.2) is 9.46 Å². The Balaban J connectivity index is 1.67. The molecule has 2 heterocycles. The van der Waals surface area contributed by atoms with E-state index in [0.717, 1.165) is 16.7 Å². The van der Waals surface area contributed by atoms with Crippen LogP contribution < -0.4 is 20.7 Å². The molecule has 5 atom stereocenters. The number of aromatic nitrogens is 2. The molecule has 4 aromatic rings. The van der Waals surface area contributed by atoms with Crippen molar-refractivity contribution in [3.05, 3.63) is 129 Å². The summed E-state index contributed by atoms with van der Waals surface area (Å²) in [5.74, 6) is 1.36. The molecule has 1 fully saturated rings. The molecule has 0 radical (unpaired) electrons. The lowest BCUT2D eigenvalue weighted by Gasteiger charge is -2.39. The van der Waals surface area contributed by atoms with E-state index in [9.17, 15) is 14.9 Å². The Kier molecular flexibility index (Phi) is 16.0. The highest BCUT2D eigenvalue weighted by Gasteiger charge is 2.51. The summed E-state index contributed by atoms with van der Waals surface area (Å²) in [6, 6.07) is 28.6. The lowest BCUT2D eigenvalue weighted by Crippen LogP contribution is -2.43. The monoisotopic (exact) mass is 804 g/mol. The Labute approximate surface area is 335 Å². The summed E-state index contributed by atoms with van der Waals surface area (Å²) in [6.45, 7) is 8.65. The molecule has 1 saturated heterocycles. The average molecular weight is 805 g/mol. The van der Waals surface area contributed by atoms with Crippen molar-refractivity contribution in [3.8, 4) is 17.6 Å². The molecular formula is C42H53N4O10P. The van der Waals surface area contributed by atoms with Crippen molar-refractivity contribution in [1.82, 2.24) is 14.2 Å². The molecule has 3 aromatic carbocycles. The maximum absolute atomic E-state index is 13.4. The third kappa shape index (κ3) is 10.4. The van der Waals surface area contributed by atoms with Gasteiger partial charge < -0.3 is 37.5 Å². The van der Waals surface area contributed by atoms with Crippen LogP contribution in [0.3, 0.4) is 0 Å². The Hall–Kier alpha value is -4.42. The summed E-state index contributed by atoms with van der Waals surface area (Å²) < 4.78 is 53.7. The van der Waals surface area contributed by atoms with Crippen molar-refractivity contribution < 1.29 is 37.5 Å². The first kappa shape index (κ1) is 43.7. The van der Waals surface area contributed by atoms with Crippen LogP contribution in [0, 0.1) is 11.3 Å². The van der Waals surface area contributed by atoms with E-state index in [1.54, 1.807) is 21.3 Å². The van der Waals surface area contributed by atoms with Crippen LogP contribution in [0.2, 0.25) is 0 Å². The molecule has 0 saturated carbocycles. The predicted molar refractivity (Wildman–Crippen MR) is 215 cm³/mol. The minimum Gasteiger partial charge on any atom is -0.497 e. The minimum absolute atomic E-state index is 0.00318. The van der Waals surface area contributed by atoms with Gasteiger partial charge in [-0.2, -0.15) is 5.26 Å². The number of nitrogens with one attached hydrogen (secondary N) is 1. The molecule has 1 aromatic heterocycles. The van der Waals surface area contributed by atoms with Gasteiger partial charge in [-0.15, -0.1) is 0 Å². The van der Waals surface area contributed by atoms with Crippen LogP contribution in [0.1, 0.15) is 57.0 Å². The number of H-pyrrole nitrogens is 1. The quantitative estimate of drug-likeness (QED) is 0.0583. The molecular weight excluding hydrogens is 751 g/mol. The number of hydrogen-bond donors (Lipinski definition) is 1. The highest BCUT2D eigenvalue weighted by atomic mass is 31.2. The number of hydrogen-bond acceptors (Lipinski definition) is 12. The molecule has 57 heavy (non-hydrogen) atoms. The van der Waals surface area contributed by atoms with Crippen molar-refractivity contribution in [2.75, 3.05) is 47.8 Å². The number of ether oxygens (including phenoxy) is 6. The highest BCUT2D eigenvalue weighted by molar-refractivity contribution is 7.44. The number of methoxy groups -OCH3 is 3. The predicted octanol–water partition coefficient (Wildman–Crippen LogP) is 6.15. The van der Waals surface area contributed by atoms with Crippen molar-refractivity contribution in [2.45, 2.75) is 76.3 Å². The van der Waals surface area contributed by atoms with Crippen LogP contribution in [0.15, 0.2) is 101 Å². The Morgan fingerprint density at radius 1 is 0.825 bits per heavy atom. The normalized spacial score (nSPS) is 18.9. The smallest absolute Gasteiger partial charge is 0.330 e. The summed E-state index contributed by atoms with van der Waals surface area (Å²) in [5.41, 5.74) is 0.0212. The van der Waals surface area contributed by atoms with Gasteiger partial charge in [0.25, 0.3) is 14.1 Å². The first-order valence-electron chi connectivity index (χ1n) is 18.9. The summed E-state index contributed by atoms with van der Waals surface area (Å²) >= 11 is 0. The molecule has 1 aliphatic heterocycles. The summed E-state index contributed by atoms with van der Waals surface area (Å²) in [4.78, 5) is 27.9. The lowest BCUT2D eigenvalue weighted by molar-refractivity contribution is -0.0991. The molecule has 1 aliphatic rings. The van der Waals surface area contributed by atoms with Gasteiger partial charge in [0, 0.05) is 31.5 Å². The molecule has 5 rings (SSSR count). The number of aromatic amines is 1.